The number of nitrogens with zero attached hydrogens (tertiary/aromatic N) is 5. The van der Waals surface area contributed by atoms with E-state index >= 15 is 0 Å². The molecule has 3 heterocycles. The molecule has 0 aliphatic heterocycles. The van der Waals surface area contributed by atoms with E-state index in [2.05, 4.69) is 25.6 Å². The second kappa shape index (κ2) is 8.28. The van der Waals surface area contributed by atoms with Crippen molar-refractivity contribution in [3.8, 4) is 11.5 Å². The van der Waals surface area contributed by atoms with E-state index in [1.807, 2.05) is 35.9 Å². The maximum absolute atomic E-state index is 12.4. The van der Waals surface area contributed by atoms with Gasteiger partial charge < -0.3 is 19.6 Å². The zero-order valence-electron chi connectivity index (χ0n) is 18.3. The number of aryl methyl sites for hydroxylation is 1. The van der Waals surface area contributed by atoms with Gasteiger partial charge in [-0.25, -0.2) is 9.97 Å². The van der Waals surface area contributed by atoms with Crippen molar-refractivity contribution in [3.05, 3.63) is 76.1 Å². The number of pyridine rings is 1. The van der Waals surface area contributed by atoms with Crippen molar-refractivity contribution in [3.63, 3.8) is 0 Å². The Morgan fingerprint density at radius 1 is 1.15 bits per heavy atom. The van der Waals surface area contributed by atoms with Crippen LogP contribution in [0.5, 0.6) is 0 Å². The Morgan fingerprint density at radius 3 is 2.68 bits per heavy atom. The van der Waals surface area contributed by atoms with E-state index < -0.39 is 4.92 Å². The Hall–Kier alpha value is -4.80. The first-order chi connectivity index (χ1) is 16.4. The van der Waals surface area contributed by atoms with Crippen LogP contribution in [0, 0.1) is 10.1 Å². The van der Waals surface area contributed by atoms with Crippen LogP contribution in [0.15, 0.2) is 59.3 Å². The lowest BCUT2D eigenvalue weighted by Crippen LogP contribution is -2.22. The first-order valence-corrected chi connectivity index (χ1v) is 10.4. The fourth-order valence-corrected chi connectivity index (χ4v) is 3.71. The second-order valence-corrected chi connectivity index (χ2v) is 7.62. The first-order valence-electron chi connectivity index (χ1n) is 10.4. The highest BCUT2D eigenvalue weighted by molar-refractivity contribution is 6.03. The van der Waals surface area contributed by atoms with E-state index in [-0.39, 0.29) is 18.1 Å². The Morgan fingerprint density at radius 2 is 1.94 bits per heavy atom. The fraction of sp³-hybridized carbons (Fsp3) is 0.130. The van der Waals surface area contributed by atoms with Crippen LogP contribution >= 0.6 is 0 Å². The molecule has 3 aromatic heterocycles. The molecule has 11 heteroatoms. The number of nitrogens with one attached hydrogen (secondary N) is 2. The molecule has 170 valence electrons. The molecule has 1 amide bonds. The number of oxazole rings is 1. The molecule has 34 heavy (non-hydrogen) atoms. The number of hydrogen-bond acceptors (Lipinski definition) is 8. The van der Waals surface area contributed by atoms with Crippen LogP contribution in [-0.4, -0.2) is 37.4 Å². The van der Waals surface area contributed by atoms with Crippen molar-refractivity contribution in [1.29, 1.82) is 0 Å². The summed E-state index contributed by atoms with van der Waals surface area (Å²) in [6.45, 7) is 0.262. The van der Waals surface area contributed by atoms with Crippen LogP contribution in [0.1, 0.15) is 15.9 Å². The van der Waals surface area contributed by atoms with E-state index in [1.165, 1.54) is 24.3 Å². The maximum atomic E-state index is 12.4. The predicted molar refractivity (Wildman–Crippen MR) is 125 cm³/mol. The van der Waals surface area contributed by atoms with Gasteiger partial charge in [0.2, 0.25) is 5.89 Å². The third-order valence-corrected chi connectivity index (χ3v) is 5.41. The third-order valence-electron chi connectivity index (χ3n) is 5.41. The number of carbonyl (C=O) groups is 1. The van der Waals surface area contributed by atoms with Gasteiger partial charge in [0.1, 0.15) is 11.0 Å². The minimum absolute atomic E-state index is 0.0673. The van der Waals surface area contributed by atoms with Gasteiger partial charge in [-0.15, -0.1) is 0 Å². The Balaban J connectivity index is 1.39. The summed E-state index contributed by atoms with van der Waals surface area (Å²) in [7, 11) is 3.66. The summed E-state index contributed by atoms with van der Waals surface area (Å²) < 4.78 is 7.84. The molecule has 0 spiro atoms. The van der Waals surface area contributed by atoms with Crippen LogP contribution in [0.4, 0.5) is 11.5 Å². The van der Waals surface area contributed by atoms with Gasteiger partial charge in [0, 0.05) is 43.9 Å². The summed E-state index contributed by atoms with van der Waals surface area (Å²) in [5, 5.41) is 16.6. The lowest BCUT2D eigenvalue weighted by molar-refractivity contribution is -0.384. The van der Waals surface area contributed by atoms with Gasteiger partial charge in [-0.05, 0) is 29.8 Å². The molecular formula is C23H19N7O4. The van der Waals surface area contributed by atoms with Gasteiger partial charge in [0.15, 0.2) is 11.3 Å². The molecule has 0 saturated heterocycles. The summed E-state index contributed by atoms with van der Waals surface area (Å²) in [6.07, 6.45) is 1.70. The molecule has 0 fully saturated rings. The van der Waals surface area contributed by atoms with Crippen LogP contribution in [0.25, 0.3) is 33.7 Å². The molecule has 0 aliphatic carbocycles. The maximum Gasteiger partial charge on any atom is 0.269 e. The highest BCUT2D eigenvalue weighted by atomic mass is 16.6. The van der Waals surface area contributed by atoms with Crippen molar-refractivity contribution in [2.75, 3.05) is 12.4 Å². The lowest BCUT2D eigenvalue weighted by atomic mass is 10.1. The van der Waals surface area contributed by atoms with Gasteiger partial charge in [0.05, 0.1) is 11.3 Å². The minimum Gasteiger partial charge on any atom is -0.418 e. The van der Waals surface area contributed by atoms with E-state index in [4.69, 9.17) is 4.42 Å². The highest BCUT2D eigenvalue weighted by Crippen LogP contribution is 2.31. The van der Waals surface area contributed by atoms with Crippen molar-refractivity contribution in [2.24, 2.45) is 7.05 Å². The molecule has 2 aromatic carbocycles. The van der Waals surface area contributed by atoms with Crippen LogP contribution in [0.3, 0.4) is 0 Å². The molecule has 0 aliphatic rings. The van der Waals surface area contributed by atoms with Crippen molar-refractivity contribution >= 4 is 39.7 Å². The summed E-state index contributed by atoms with van der Waals surface area (Å²) >= 11 is 0. The van der Waals surface area contributed by atoms with Crippen LogP contribution in [0.2, 0.25) is 0 Å². The Kier molecular flexibility index (Phi) is 5.13. The molecule has 5 rings (SSSR count). The quantitative estimate of drug-likeness (QED) is 0.291. The topological polar surface area (TPSA) is 141 Å². The van der Waals surface area contributed by atoms with Gasteiger partial charge >= 0.3 is 0 Å². The zero-order valence-corrected chi connectivity index (χ0v) is 18.3. The molecule has 2 N–H and O–H groups in total. The number of amides is 1. The minimum atomic E-state index is -0.506. The summed E-state index contributed by atoms with van der Waals surface area (Å²) in [4.78, 5) is 36.3. The van der Waals surface area contributed by atoms with E-state index in [0.717, 1.165) is 16.6 Å². The molecule has 0 atom stereocenters. The molecule has 11 nitrogen and oxygen atoms in total. The molecule has 0 saturated carbocycles. The van der Waals surface area contributed by atoms with Gasteiger partial charge in [0.25, 0.3) is 17.3 Å². The smallest absolute Gasteiger partial charge is 0.269 e. The molecular weight excluding hydrogens is 438 g/mol. The number of carbonyl (C=O) groups excluding carboxylic acids is 1. The van der Waals surface area contributed by atoms with Crippen molar-refractivity contribution < 1.29 is 14.1 Å². The largest absolute Gasteiger partial charge is 0.418 e. The van der Waals surface area contributed by atoms with Crippen molar-refractivity contribution in [2.45, 2.75) is 6.54 Å². The summed E-state index contributed by atoms with van der Waals surface area (Å²) in [6, 6.07) is 12.9. The van der Waals surface area contributed by atoms with Crippen molar-refractivity contribution in [1.82, 2.24) is 24.8 Å². The SMILES string of the molecule is CNc1nc2oc(-c3cccc(CNC(=O)c4ccc([N+](=O)[O-])cc4)c3)nc2c2c1ncn2C. The summed E-state index contributed by atoms with van der Waals surface area (Å²) in [5.41, 5.74) is 4.38. The number of benzene rings is 2. The monoisotopic (exact) mass is 457 g/mol. The number of nitro groups is 1. The standard InChI is InChI=1S/C23H19N7O4/c1-24-20-17-19(29(2)12-26-17)18-23(28-20)34-22(27-18)15-5-3-4-13(10-15)11-25-21(31)14-6-8-16(9-7-14)30(32)33/h3-10,12H,11H2,1-2H3,(H,24,28)(H,25,31). The third kappa shape index (κ3) is 3.68. The molecule has 5 aromatic rings. The fourth-order valence-electron chi connectivity index (χ4n) is 3.71. The Bertz CT molecular complexity index is 1550. The first kappa shape index (κ1) is 21.1. The zero-order chi connectivity index (χ0) is 23.8. The molecule has 0 bridgehead atoms. The average molecular weight is 457 g/mol. The normalized spacial score (nSPS) is 11.1. The van der Waals surface area contributed by atoms with Gasteiger partial charge in [-0.3, -0.25) is 14.9 Å². The number of nitro benzene ring substituents is 1. The average Bonchev–Trinajstić information content (AvgIpc) is 3.45. The molecule has 0 radical (unpaired) electrons. The van der Waals surface area contributed by atoms with E-state index in [1.54, 1.807) is 13.4 Å². The number of imidazole rings is 1. The second-order valence-electron chi connectivity index (χ2n) is 7.62. The van der Waals surface area contributed by atoms with Gasteiger partial charge in [-0.1, -0.05) is 12.1 Å². The van der Waals surface area contributed by atoms with E-state index in [0.29, 0.717) is 34.0 Å². The lowest BCUT2D eigenvalue weighted by Gasteiger charge is -2.06. The Labute approximate surface area is 192 Å². The van der Waals surface area contributed by atoms with E-state index in [9.17, 15) is 14.9 Å². The number of anilines is 1. The number of hydrogen-bond donors (Lipinski definition) is 2. The predicted octanol–water partition coefficient (Wildman–Crippen LogP) is 3.66. The number of fused-ring (bicyclic) bond motifs is 3. The van der Waals surface area contributed by atoms with Crippen LogP contribution in [-0.2, 0) is 13.6 Å². The highest BCUT2D eigenvalue weighted by Gasteiger charge is 2.18. The number of rotatable bonds is 6. The summed E-state index contributed by atoms with van der Waals surface area (Å²) in [5.74, 6) is 0.680. The number of aromatic nitrogens is 4. The number of non-ortho nitro benzene ring substituents is 1. The van der Waals surface area contributed by atoms with Crippen LogP contribution < -0.4 is 10.6 Å². The molecule has 0 unspecified atom stereocenters. The van der Waals surface area contributed by atoms with Gasteiger partial charge in [-0.2, -0.15) is 4.98 Å².